The van der Waals surface area contributed by atoms with Crippen LogP contribution < -0.4 is 10.9 Å². The van der Waals surface area contributed by atoms with Gasteiger partial charge in [0.1, 0.15) is 0 Å². The van der Waals surface area contributed by atoms with E-state index in [1.165, 1.54) is 0 Å². The molecule has 1 fully saturated rings. The Morgan fingerprint density at radius 2 is 1.89 bits per heavy atom. The highest BCUT2D eigenvalue weighted by atomic mass is 16.7. The Bertz CT molecular complexity index is 466. The lowest BCUT2D eigenvalue weighted by atomic mass is 9.85. The molecule has 2 heterocycles. The number of H-pyrrole nitrogens is 1. The first-order chi connectivity index (χ1) is 8.77. The molecule has 0 aliphatic carbocycles. The number of aromatic amines is 1. The summed E-state index contributed by atoms with van der Waals surface area (Å²) < 4.78 is 12.0. The highest BCUT2D eigenvalue weighted by molar-refractivity contribution is 6.61. The fraction of sp³-hybridized carbons (Fsp3) is 0.615. The normalized spacial score (nSPS) is 20.6. The van der Waals surface area contributed by atoms with Crippen LogP contribution in [0.4, 0.5) is 0 Å². The van der Waals surface area contributed by atoms with Crippen LogP contribution in [0.5, 0.6) is 0 Å². The van der Waals surface area contributed by atoms with Crippen LogP contribution in [0.1, 0.15) is 39.0 Å². The van der Waals surface area contributed by atoms with Gasteiger partial charge in [0.2, 0.25) is 6.41 Å². The van der Waals surface area contributed by atoms with Gasteiger partial charge in [-0.15, -0.1) is 0 Å². The van der Waals surface area contributed by atoms with Crippen molar-refractivity contribution in [1.82, 2.24) is 10.3 Å². The number of carbonyl (C=O) groups is 1. The molecular weight excluding hydrogens is 243 g/mol. The number of amides is 1. The zero-order valence-corrected chi connectivity index (χ0v) is 12.2. The Balaban J connectivity index is 2.18. The van der Waals surface area contributed by atoms with Gasteiger partial charge in [0, 0.05) is 11.3 Å². The summed E-state index contributed by atoms with van der Waals surface area (Å²) in [4.78, 5) is 13.6. The summed E-state index contributed by atoms with van der Waals surface area (Å²) in [6.45, 7) is 10.6. The van der Waals surface area contributed by atoms with Crippen molar-refractivity contribution in [2.75, 3.05) is 0 Å². The predicted molar refractivity (Wildman–Crippen MR) is 74.1 cm³/mol. The molecule has 1 aliphatic heterocycles. The highest BCUT2D eigenvalue weighted by Crippen LogP contribution is 2.36. The molecule has 104 valence electrons. The quantitative estimate of drug-likeness (QED) is 0.626. The molecule has 6 heteroatoms. The van der Waals surface area contributed by atoms with Crippen molar-refractivity contribution in [3.8, 4) is 0 Å². The summed E-state index contributed by atoms with van der Waals surface area (Å²) in [7, 11) is -0.395. The van der Waals surface area contributed by atoms with Gasteiger partial charge in [-0.25, -0.2) is 0 Å². The summed E-state index contributed by atoms with van der Waals surface area (Å²) >= 11 is 0. The number of carbonyl (C=O) groups excluding carboxylic acids is 1. The van der Waals surface area contributed by atoms with Gasteiger partial charge < -0.3 is 19.6 Å². The van der Waals surface area contributed by atoms with E-state index in [1.54, 1.807) is 0 Å². The van der Waals surface area contributed by atoms with E-state index in [2.05, 4.69) is 10.3 Å². The van der Waals surface area contributed by atoms with Crippen LogP contribution in [0.3, 0.4) is 0 Å². The highest BCUT2D eigenvalue weighted by Gasteiger charge is 2.52. The van der Waals surface area contributed by atoms with E-state index in [4.69, 9.17) is 9.31 Å². The first-order valence-electron chi connectivity index (χ1n) is 6.48. The van der Waals surface area contributed by atoms with Crippen molar-refractivity contribution in [1.29, 1.82) is 0 Å². The van der Waals surface area contributed by atoms with E-state index in [-0.39, 0.29) is 11.2 Å². The zero-order chi connectivity index (χ0) is 14.3. The van der Waals surface area contributed by atoms with Crippen LogP contribution in [-0.4, -0.2) is 29.7 Å². The lowest BCUT2D eigenvalue weighted by molar-refractivity contribution is -0.109. The lowest BCUT2D eigenvalue weighted by Gasteiger charge is -2.32. The molecule has 5 nitrogen and oxygen atoms in total. The van der Waals surface area contributed by atoms with Crippen molar-refractivity contribution in [3.63, 3.8) is 0 Å². The third kappa shape index (κ3) is 2.55. The molecule has 1 aromatic heterocycles. The van der Waals surface area contributed by atoms with Crippen LogP contribution in [0.25, 0.3) is 0 Å². The minimum atomic E-state index is -0.395. The number of aryl methyl sites for hydroxylation is 1. The van der Waals surface area contributed by atoms with Gasteiger partial charge in [-0.2, -0.15) is 0 Å². The number of aromatic nitrogens is 1. The molecule has 1 aromatic rings. The van der Waals surface area contributed by atoms with E-state index in [9.17, 15) is 4.79 Å². The summed E-state index contributed by atoms with van der Waals surface area (Å²) in [5.74, 6) is 0. The van der Waals surface area contributed by atoms with Gasteiger partial charge in [0.05, 0.1) is 17.7 Å². The van der Waals surface area contributed by atoms with Crippen molar-refractivity contribution in [2.24, 2.45) is 0 Å². The SMILES string of the molecule is Cc1cc(B2OC(C)(C)C(C)(C)O2)[nH]c1CNC=O. The summed E-state index contributed by atoms with van der Waals surface area (Å²) in [6.07, 6.45) is 0.689. The maximum absolute atomic E-state index is 10.3. The summed E-state index contributed by atoms with van der Waals surface area (Å²) in [6, 6.07) is 2.00. The van der Waals surface area contributed by atoms with Crippen molar-refractivity contribution >= 4 is 19.1 Å². The molecule has 0 bridgehead atoms. The Kier molecular flexibility index (Phi) is 3.49. The lowest BCUT2D eigenvalue weighted by Crippen LogP contribution is -2.41. The average molecular weight is 264 g/mol. The molecule has 0 saturated carbocycles. The molecule has 1 saturated heterocycles. The Morgan fingerprint density at radius 3 is 2.42 bits per heavy atom. The molecule has 0 atom stereocenters. The van der Waals surface area contributed by atoms with E-state index in [1.807, 2.05) is 40.7 Å². The van der Waals surface area contributed by atoms with Crippen molar-refractivity contribution in [3.05, 3.63) is 17.3 Å². The Hall–Kier alpha value is -1.27. The van der Waals surface area contributed by atoms with Gasteiger partial charge >= 0.3 is 7.12 Å². The molecule has 2 N–H and O–H groups in total. The summed E-state index contributed by atoms with van der Waals surface area (Å²) in [5.41, 5.74) is 2.24. The number of hydrogen-bond donors (Lipinski definition) is 2. The predicted octanol–water partition coefficient (Wildman–Crippen LogP) is 0.868. The second kappa shape index (κ2) is 4.69. The smallest absolute Gasteiger partial charge is 0.398 e. The second-order valence-electron chi connectivity index (χ2n) is 5.97. The van der Waals surface area contributed by atoms with Crippen LogP contribution in [0.2, 0.25) is 0 Å². The third-order valence-electron chi connectivity index (χ3n) is 4.01. The van der Waals surface area contributed by atoms with Gasteiger partial charge in [-0.1, -0.05) is 0 Å². The third-order valence-corrected chi connectivity index (χ3v) is 4.01. The Morgan fingerprint density at radius 1 is 1.32 bits per heavy atom. The number of nitrogens with one attached hydrogen (secondary N) is 2. The molecule has 1 amide bonds. The first kappa shape index (κ1) is 14.2. The number of hydrogen-bond acceptors (Lipinski definition) is 3. The van der Waals surface area contributed by atoms with E-state index in [0.717, 1.165) is 16.9 Å². The second-order valence-corrected chi connectivity index (χ2v) is 5.97. The van der Waals surface area contributed by atoms with E-state index < -0.39 is 7.12 Å². The average Bonchev–Trinajstić information content (AvgIpc) is 2.75. The standard InChI is InChI=1S/C13H21BN2O3/c1-9-6-11(16-10(9)7-15-8-17)14-18-12(2,3)13(4,5)19-14/h6,8,16H,7H2,1-5H3,(H,15,17). The summed E-state index contributed by atoms with van der Waals surface area (Å²) in [5, 5.41) is 2.65. The molecule has 2 rings (SSSR count). The van der Waals surface area contributed by atoms with Gasteiger partial charge in [-0.05, 0) is 46.2 Å². The van der Waals surface area contributed by atoms with Gasteiger partial charge in [0.15, 0.2) is 0 Å². The van der Waals surface area contributed by atoms with Crippen molar-refractivity contribution in [2.45, 2.75) is 52.4 Å². The Labute approximate surface area is 114 Å². The molecule has 0 spiro atoms. The molecule has 0 radical (unpaired) electrons. The van der Waals surface area contributed by atoms with Crippen molar-refractivity contribution < 1.29 is 14.1 Å². The monoisotopic (exact) mass is 264 g/mol. The van der Waals surface area contributed by atoms with Crippen LogP contribution in [0.15, 0.2) is 6.07 Å². The molecule has 19 heavy (non-hydrogen) atoms. The first-order valence-corrected chi connectivity index (χ1v) is 6.48. The van der Waals surface area contributed by atoms with Crippen LogP contribution in [0, 0.1) is 6.92 Å². The van der Waals surface area contributed by atoms with E-state index in [0.29, 0.717) is 13.0 Å². The molecule has 0 aromatic carbocycles. The fourth-order valence-corrected chi connectivity index (χ4v) is 2.05. The topological polar surface area (TPSA) is 63.4 Å². The zero-order valence-electron chi connectivity index (χ0n) is 12.2. The van der Waals surface area contributed by atoms with Gasteiger partial charge in [0.25, 0.3) is 0 Å². The van der Waals surface area contributed by atoms with E-state index >= 15 is 0 Å². The number of rotatable bonds is 4. The van der Waals surface area contributed by atoms with Crippen LogP contribution in [-0.2, 0) is 20.6 Å². The van der Waals surface area contributed by atoms with Gasteiger partial charge in [-0.3, -0.25) is 4.79 Å². The fourth-order valence-electron chi connectivity index (χ4n) is 2.05. The maximum atomic E-state index is 10.3. The molecular formula is C13H21BN2O3. The maximum Gasteiger partial charge on any atom is 0.512 e. The minimum Gasteiger partial charge on any atom is -0.398 e. The van der Waals surface area contributed by atoms with Crippen LogP contribution >= 0.6 is 0 Å². The molecule has 1 aliphatic rings. The largest absolute Gasteiger partial charge is 0.512 e. The minimum absolute atomic E-state index is 0.349. The molecule has 0 unspecified atom stereocenters.